The molecule has 134 valence electrons. The number of aliphatic hydroxyl groups excluding tert-OH is 1. The molecule has 1 fully saturated rings. The molecule has 0 spiro atoms. The second-order valence-electron chi connectivity index (χ2n) is 6.15. The van der Waals surface area contributed by atoms with Gasteiger partial charge in [-0.25, -0.2) is 4.89 Å². The van der Waals surface area contributed by atoms with Crippen LogP contribution < -0.4 is 0 Å². The Kier molecular flexibility index (Phi) is 8.68. The summed E-state index contributed by atoms with van der Waals surface area (Å²) in [5.41, 5.74) is 0. The van der Waals surface area contributed by atoms with Gasteiger partial charge in [0.2, 0.25) is 11.8 Å². The lowest BCUT2D eigenvalue weighted by Crippen LogP contribution is -2.41. The Bertz CT molecular complexity index is 391. The first-order valence-corrected chi connectivity index (χ1v) is 8.46. The molecular formula is C16H30N2O5. The van der Waals surface area contributed by atoms with Crippen LogP contribution >= 0.6 is 0 Å². The fourth-order valence-electron chi connectivity index (χ4n) is 3.25. The molecule has 2 amide bonds. The van der Waals surface area contributed by atoms with Crippen LogP contribution in [-0.4, -0.2) is 71.4 Å². The van der Waals surface area contributed by atoms with Gasteiger partial charge in [0.25, 0.3) is 0 Å². The lowest BCUT2D eigenvalue weighted by atomic mass is 9.81. The second kappa shape index (κ2) is 9.97. The molecule has 0 aromatic carbocycles. The molecule has 0 bridgehead atoms. The molecule has 0 aliphatic carbocycles. The van der Waals surface area contributed by atoms with Gasteiger partial charge in [0.05, 0.1) is 25.0 Å². The summed E-state index contributed by atoms with van der Waals surface area (Å²) in [5, 5.41) is 17.5. The van der Waals surface area contributed by atoms with Gasteiger partial charge in [-0.2, -0.15) is 0 Å². The third kappa shape index (κ3) is 4.97. The number of carbonyl (C=O) groups is 2. The van der Waals surface area contributed by atoms with E-state index in [1.54, 1.807) is 0 Å². The van der Waals surface area contributed by atoms with Gasteiger partial charge in [-0.15, -0.1) is 0 Å². The van der Waals surface area contributed by atoms with Crippen molar-refractivity contribution in [3.8, 4) is 0 Å². The zero-order valence-electron chi connectivity index (χ0n) is 14.4. The summed E-state index contributed by atoms with van der Waals surface area (Å²) >= 11 is 0. The molecule has 0 saturated carbocycles. The molecule has 1 saturated heterocycles. The molecule has 1 rings (SSSR count). The number of nitrogens with zero attached hydrogens (tertiary/aromatic N) is 2. The summed E-state index contributed by atoms with van der Waals surface area (Å²) in [6, 6.07) is 0. The Morgan fingerprint density at radius 3 is 2.43 bits per heavy atom. The molecule has 7 nitrogen and oxygen atoms in total. The van der Waals surface area contributed by atoms with Crippen LogP contribution in [0.3, 0.4) is 0 Å². The van der Waals surface area contributed by atoms with Crippen molar-refractivity contribution >= 4 is 11.8 Å². The first-order valence-electron chi connectivity index (χ1n) is 8.46. The maximum atomic E-state index is 12.6. The van der Waals surface area contributed by atoms with E-state index in [0.717, 1.165) is 6.42 Å². The van der Waals surface area contributed by atoms with Crippen molar-refractivity contribution in [1.29, 1.82) is 0 Å². The summed E-state index contributed by atoms with van der Waals surface area (Å²) in [7, 11) is 0. The zero-order valence-corrected chi connectivity index (χ0v) is 14.4. The largest absolute Gasteiger partial charge is 0.395 e. The summed E-state index contributed by atoms with van der Waals surface area (Å²) < 4.78 is 0. The molecule has 3 unspecified atom stereocenters. The van der Waals surface area contributed by atoms with E-state index in [0.29, 0.717) is 32.6 Å². The maximum absolute atomic E-state index is 12.6. The van der Waals surface area contributed by atoms with Crippen molar-refractivity contribution in [2.24, 2.45) is 17.8 Å². The molecule has 1 heterocycles. The highest BCUT2D eigenvalue weighted by Crippen LogP contribution is 2.35. The van der Waals surface area contributed by atoms with Gasteiger partial charge in [-0.05, 0) is 12.3 Å². The van der Waals surface area contributed by atoms with Crippen molar-refractivity contribution < 1.29 is 24.8 Å². The van der Waals surface area contributed by atoms with Crippen molar-refractivity contribution in [2.75, 3.05) is 39.4 Å². The SMILES string of the molecule is CCC(C)C1C(=O)N(CCN(CCO)CCOO)C(=O)C1CC. The van der Waals surface area contributed by atoms with Gasteiger partial charge in [0.15, 0.2) is 0 Å². The standard InChI is InChI=1S/C16H30N2O5/c1-4-12(3)14-13(5-2)15(20)18(16(14)21)7-6-17(8-10-19)9-11-23-22/h12-14,19,22H,4-11H2,1-3H3. The lowest BCUT2D eigenvalue weighted by molar-refractivity contribution is -0.244. The van der Waals surface area contributed by atoms with Gasteiger partial charge in [0, 0.05) is 26.2 Å². The average molecular weight is 330 g/mol. The number of aliphatic hydroxyl groups is 1. The third-order valence-electron chi connectivity index (χ3n) is 4.82. The van der Waals surface area contributed by atoms with Crippen LogP contribution in [0.25, 0.3) is 0 Å². The summed E-state index contributed by atoms with van der Waals surface area (Å²) in [6.07, 6.45) is 1.55. The van der Waals surface area contributed by atoms with Crippen LogP contribution in [-0.2, 0) is 14.5 Å². The molecule has 1 aliphatic rings. The molecule has 2 N–H and O–H groups in total. The minimum absolute atomic E-state index is 0.0274. The Morgan fingerprint density at radius 1 is 1.22 bits per heavy atom. The first kappa shape index (κ1) is 20.0. The maximum Gasteiger partial charge on any atom is 0.233 e. The van der Waals surface area contributed by atoms with Gasteiger partial charge < -0.3 is 5.11 Å². The molecule has 1 aliphatic heterocycles. The van der Waals surface area contributed by atoms with Crippen LogP contribution in [0, 0.1) is 17.8 Å². The van der Waals surface area contributed by atoms with E-state index in [1.165, 1.54) is 4.90 Å². The number of carbonyl (C=O) groups excluding carboxylic acids is 2. The Balaban J connectivity index is 2.71. The number of likely N-dealkylation sites (tertiary alicyclic amines) is 1. The molecule has 0 aromatic rings. The normalized spacial score (nSPS) is 23.1. The van der Waals surface area contributed by atoms with E-state index >= 15 is 0 Å². The van der Waals surface area contributed by atoms with E-state index in [-0.39, 0.29) is 42.8 Å². The average Bonchev–Trinajstić information content (AvgIpc) is 2.79. The lowest BCUT2D eigenvalue weighted by Gasteiger charge is -2.24. The van der Waals surface area contributed by atoms with Gasteiger partial charge in [-0.3, -0.25) is 24.6 Å². The predicted octanol–water partition coefficient (Wildman–Crippen LogP) is 0.828. The fourth-order valence-corrected chi connectivity index (χ4v) is 3.25. The monoisotopic (exact) mass is 330 g/mol. The Hall–Kier alpha value is -1.02. The molecule has 0 radical (unpaired) electrons. The molecule has 0 aromatic heterocycles. The minimum atomic E-state index is -0.218. The van der Waals surface area contributed by atoms with Crippen LogP contribution in [0.5, 0.6) is 0 Å². The second-order valence-corrected chi connectivity index (χ2v) is 6.15. The molecule has 7 heteroatoms. The number of hydrogen-bond donors (Lipinski definition) is 2. The van der Waals surface area contributed by atoms with E-state index in [2.05, 4.69) is 4.89 Å². The van der Waals surface area contributed by atoms with Crippen LogP contribution in [0.2, 0.25) is 0 Å². The minimum Gasteiger partial charge on any atom is -0.395 e. The Labute approximate surface area is 138 Å². The van der Waals surface area contributed by atoms with Crippen molar-refractivity contribution in [3.05, 3.63) is 0 Å². The van der Waals surface area contributed by atoms with Gasteiger partial charge >= 0.3 is 0 Å². The highest BCUT2D eigenvalue weighted by molar-refractivity contribution is 6.05. The van der Waals surface area contributed by atoms with Crippen molar-refractivity contribution in [3.63, 3.8) is 0 Å². The highest BCUT2D eigenvalue weighted by atomic mass is 17.1. The van der Waals surface area contributed by atoms with Crippen LogP contribution in [0.4, 0.5) is 0 Å². The van der Waals surface area contributed by atoms with E-state index in [4.69, 9.17) is 10.4 Å². The molecule has 23 heavy (non-hydrogen) atoms. The van der Waals surface area contributed by atoms with Gasteiger partial charge in [-0.1, -0.05) is 27.2 Å². The first-order chi connectivity index (χ1) is 11.0. The highest BCUT2D eigenvalue weighted by Gasteiger charge is 2.47. The van der Waals surface area contributed by atoms with Gasteiger partial charge in [0.1, 0.15) is 0 Å². The quantitative estimate of drug-likeness (QED) is 0.331. The van der Waals surface area contributed by atoms with Crippen molar-refractivity contribution in [1.82, 2.24) is 9.80 Å². The van der Waals surface area contributed by atoms with Crippen LogP contribution in [0.15, 0.2) is 0 Å². The molecular weight excluding hydrogens is 300 g/mol. The van der Waals surface area contributed by atoms with Crippen molar-refractivity contribution in [2.45, 2.75) is 33.6 Å². The summed E-state index contributed by atoms with van der Waals surface area (Å²) in [6.45, 7) is 7.72. The zero-order chi connectivity index (χ0) is 17.4. The predicted molar refractivity (Wildman–Crippen MR) is 85.6 cm³/mol. The topological polar surface area (TPSA) is 90.3 Å². The van der Waals surface area contributed by atoms with E-state index in [9.17, 15) is 9.59 Å². The fraction of sp³-hybridized carbons (Fsp3) is 0.875. The number of rotatable bonds is 11. The Morgan fingerprint density at radius 2 is 1.91 bits per heavy atom. The molecule has 3 atom stereocenters. The number of hydrogen-bond acceptors (Lipinski definition) is 6. The number of amides is 2. The van der Waals surface area contributed by atoms with E-state index < -0.39 is 0 Å². The summed E-state index contributed by atoms with van der Waals surface area (Å²) in [4.78, 5) is 32.5. The van der Waals surface area contributed by atoms with E-state index in [1.807, 2.05) is 25.7 Å². The number of imide groups is 1. The van der Waals surface area contributed by atoms with Crippen LogP contribution in [0.1, 0.15) is 33.6 Å². The summed E-state index contributed by atoms with van der Waals surface area (Å²) in [5.74, 6) is -0.393. The smallest absolute Gasteiger partial charge is 0.233 e. The third-order valence-corrected chi connectivity index (χ3v) is 4.82.